The van der Waals surface area contributed by atoms with Crippen molar-refractivity contribution in [1.82, 2.24) is 15.5 Å². The summed E-state index contributed by atoms with van der Waals surface area (Å²) in [6.07, 6.45) is 0.156. The Morgan fingerprint density at radius 2 is 1.86 bits per heavy atom. The Balaban J connectivity index is 1.64. The lowest BCUT2D eigenvalue weighted by Crippen LogP contribution is -2.28. The van der Waals surface area contributed by atoms with Gasteiger partial charge in [-0.1, -0.05) is 11.2 Å². The van der Waals surface area contributed by atoms with E-state index in [1.807, 2.05) is 0 Å². The maximum Gasteiger partial charge on any atom is 0.249 e. The van der Waals surface area contributed by atoms with E-state index >= 15 is 0 Å². The lowest BCUT2D eigenvalue weighted by molar-refractivity contribution is -0.121. The highest BCUT2D eigenvalue weighted by Crippen LogP contribution is 2.27. The molecule has 0 saturated carbocycles. The molecule has 1 amide bonds. The molecule has 0 radical (unpaired) electrons. The number of rotatable bonds is 7. The number of aromatic nitrogens is 2. The molecule has 8 heteroatoms. The van der Waals surface area contributed by atoms with Gasteiger partial charge in [0.2, 0.25) is 17.6 Å². The summed E-state index contributed by atoms with van der Waals surface area (Å²) in [6, 6.07) is 10.6. The van der Waals surface area contributed by atoms with Crippen LogP contribution < -0.4 is 14.8 Å². The van der Waals surface area contributed by atoms with Gasteiger partial charge >= 0.3 is 0 Å². The number of ether oxygens (including phenoxy) is 2. The van der Waals surface area contributed by atoms with Gasteiger partial charge in [0.05, 0.1) is 20.6 Å². The van der Waals surface area contributed by atoms with Crippen molar-refractivity contribution < 1.29 is 23.2 Å². The minimum absolute atomic E-state index is 0.156. The first-order valence-corrected chi connectivity index (χ1v) is 8.60. The predicted molar refractivity (Wildman–Crippen MR) is 99.5 cm³/mol. The number of benzene rings is 2. The maximum atomic E-state index is 13.0. The van der Waals surface area contributed by atoms with E-state index in [0.29, 0.717) is 22.9 Å². The van der Waals surface area contributed by atoms with Crippen LogP contribution in [0.25, 0.3) is 11.4 Å². The Morgan fingerprint density at radius 3 is 2.54 bits per heavy atom. The lowest BCUT2D eigenvalue weighted by Gasteiger charge is -2.11. The number of carbonyl (C=O) groups excluding carboxylic acids is 1. The van der Waals surface area contributed by atoms with E-state index in [4.69, 9.17) is 14.0 Å². The molecule has 0 bridgehead atoms. The minimum Gasteiger partial charge on any atom is -0.493 e. The fraction of sp³-hybridized carbons (Fsp3) is 0.250. The van der Waals surface area contributed by atoms with Crippen molar-refractivity contribution in [2.45, 2.75) is 19.4 Å². The summed E-state index contributed by atoms with van der Waals surface area (Å²) in [5, 5.41) is 6.70. The van der Waals surface area contributed by atoms with Crippen LogP contribution in [0.4, 0.5) is 4.39 Å². The molecule has 1 aromatic heterocycles. The molecule has 3 aromatic rings. The number of nitrogens with zero attached hydrogens (tertiary/aromatic N) is 2. The molecular formula is C20H20FN3O4. The number of hydrogen-bond acceptors (Lipinski definition) is 6. The van der Waals surface area contributed by atoms with Gasteiger partial charge in [0, 0.05) is 5.56 Å². The molecule has 0 saturated heterocycles. The summed E-state index contributed by atoms with van der Waals surface area (Å²) < 4.78 is 28.7. The molecule has 0 fully saturated rings. The Kier molecular flexibility index (Phi) is 5.88. The zero-order valence-electron chi connectivity index (χ0n) is 15.7. The van der Waals surface area contributed by atoms with E-state index in [9.17, 15) is 9.18 Å². The molecule has 1 unspecified atom stereocenters. The van der Waals surface area contributed by atoms with Crippen LogP contribution in [0.3, 0.4) is 0 Å². The second-order valence-corrected chi connectivity index (χ2v) is 6.12. The first-order chi connectivity index (χ1) is 13.5. The molecule has 1 atom stereocenters. The van der Waals surface area contributed by atoms with Crippen molar-refractivity contribution in [2.75, 3.05) is 14.2 Å². The highest BCUT2D eigenvalue weighted by molar-refractivity contribution is 5.79. The van der Waals surface area contributed by atoms with Gasteiger partial charge in [0.15, 0.2) is 11.5 Å². The fourth-order valence-corrected chi connectivity index (χ4v) is 2.66. The summed E-state index contributed by atoms with van der Waals surface area (Å²) >= 11 is 0. The Labute approximate surface area is 161 Å². The molecule has 3 rings (SSSR count). The predicted octanol–water partition coefficient (Wildman–Crippen LogP) is 3.31. The number of halogens is 1. The zero-order valence-corrected chi connectivity index (χ0v) is 15.7. The van der Waals surface area contributed by atoms with E-state index in [-0.39, 0.29) is 24.0 Å². The quantitative estimate of drug-likeness (QED) is 0.671. The van der Waals surface area contributed by atoms with Gasteiger partial charge in [0.25, 0.3) is 0 Å². The second-order valence-electron chi connectivity index (χ2n) is 6.12. The van der Waals surface area contributed by atoms with E-state index < -0.39 is 6.04 Å². The smallest absolute Gasteiger partial charge is 0.249 e. The molecular weight excluding hydrogens is 365 g/mol. The Hall–Kier alpha value is -3.42. The first kappa shape index (κ1) is 19.3. The summed E-state index contributed by atoms with van der Waals surface area (Å²) in [5.74, 6) is 1.20. The average molecular weight is 385 g/mol. The largest absolute Gasteiger partial charge is 0.493 e. The highest BCUT2D eigenvalue weighted by atomic mass is 19.1. The van der Waals surface area contributed by atoms with Gasteiger partial charge in [-0.2, -0.15) is 4.98 Å². The van der Waals surface area contributed by atoms with Crippen molar-refractivity contribution in [2.24, 2.45) is 0 Å². The number of carbonyl (C=O) groups is 1. The molecule has 146 valence electrons. The van der Waals surface area contributed by atoms with E-state index in [1.165, 1.54) is 19.2 Å². The monoisotopic (exact) mass is 385 g/mol. The molecule has 1 N–H and O–H groups in total. The van der Waals surface area contributed by atoms with Crippen LogP contribution in [0, 0.1) is 5.82 Å². The molecule has 7 nitrogen and oxygen atoms in total. The first-order valence-electron chi connectivity index (χ1n) is 8.60. The minimum atomic E-state index is -0.477. The number of amides is 1. The number of hydrogen-bond donors (Lipinski definition) is 1. The van der Waals surface area contributed by atoms with Gasteiger partial charge in [-0.25, -0.2) is 4.39 Å². The van der Waals surface area contributed by atoms with Crippen LogP contribution in [0.2, 0.25) is 0 Å². The SMILES string of the molecule is COc1ccc(CC(=O)NC(C)c2nc(-c3ccc(F)cc3)no2)cc1OC. The van der Waals surface area contributed by atoms with E-state index in [1.54, 1.807) is 44.4 Å². The maximum absolute atomic E-state index is 13.0. The third-order valence-electron chi connectivity index (χ3n) is 4.10. The number of methoxy groups -OCH3 is 2. The normalized spacial score (nSPS) is 11.7. The van der Waals surface area contributed by atoms with Crippen molar-refractivity contribution in [3.8, 4) is 22.9 Å². The van der Waals surface area contributed by atoms with Crippen LogP contribution in [0.1, 0.15) is 24.4 Å². The van der Waals surface area contributed by atoms with Gasteiger partial charge in [-0.15, -0.1) is 0 Å². The standard InChI is InChI=1S/C20H20FN3O4/c1-12(20-23-19(24-28-20)14-5-7-15(21)8-6-14)22-18(25)11-13-4-9-16(26-2)17(10-13)27-3/h4-10,12H,11H2,1-3H3,(H,22,25). The van der Waals surface area contributed by atoms with Crippen molar-refractivity contribution in [3.05, 3.63) is 59.7 Å². The molecule has 1 heterocycles. The van der Waals surface area contributed by atoms with Crippen LogP contribution in [0.15, 0.2) is 47.0 Å². The van der Waals surface area contributed by atoms with E-state index in [0.717, 1.165) is 5.56 Å². The van der Waals surface area contributed by atoms with Crippen molar-refractivity contribution in [3.63, 3.8) is 0 Å². The molecule has 0 aliphatic heterocycles. The lowest BCUT2D eigenvalue weighted by atomic mass is 10.1. The van der Waals surface area contributed by atoms with Crippen molar-refractivity contribution in [1.29, 1.82) is 0 Å². The Morgan fingerprint density at radius 1 is 1.14 bits per heavy atom. The molecule has 0 spiro atoms. The zero-order chi connectivity index (χ0) is 20.1. The average Bonchev–Trinajstić information content (AvgIpc) is 3.18. The van der Waals surface area contributed by atoms with Gasteiger partial charge in [-0.05, 0) is 48.9 Å². The van der Waals surface area contributed by atoms with E-state index in [2.05, 4.69) is 15.5 Å². The second kappa shape index (κ2) is 8.51. The van der Waals surface area contributed by atoms with Crippen LogP contribution in [-0.2, 0) is 11.2 Å². The van der Waals surface area contributed by atoms with Crippen LogP contribution in [0.5, 0.6) is 11.5 Å². The summed E-state index contributed by atoms with van der Waals surface area (Å²) in [6.45, 7) is 1.74. The van der Waals surface area contributed by atoms with Gasteiger partial charge in [0.1, 0.15) is 11.9 Å². The third kappa shape index (κ3) is 4.46. The van der Waals surface area contributed by atoms with Crippen LogP contribution in [-0.4, -0.2) is 30.3 Å². The highest BCUT2D eigenvalue weighted by Gasteiger charge is 2.18. The summed E-state index contributed by atoms with van der Waals surface area (Å²) in [7, 11) is 3.09. The van der Waals surface area contributed by atoms with Crippen molar-refractivity contribution >= 4 is 5.91 Å². The molecule has 0 aliphatic rings. The topological polar surface area (TPSA) is 86.5 Å². The molecule has 2 aromatic carbocycles. The molecule has 0 aliphatic carbocycles. The van der Waals surface area contributed by atoms with Crippen LogP contribution >= 0.6 is 0 Å². The summed E-state index contributed by atoms with van der Waals surface area (Å²) in [5.41, 5.74) is 1.40. The third-order valence-corrected chi connectivity index (χ3v) is 4.10. The van der Waals surface area contributed by atoms with Gasteiger partial charge in [-0.3, -0.25) is 4.79 Å². The fourth-order valence-electron chi connectivity index (χ4n) is 2.66. The number of nitrogens with one attached hydrogen (secondary N) is 1. The molecule has 28 heavy (non-hydrogen) atoms. The van der Waals surface area contributed by atoms with Gasteiger partial charge < -0.3 is 19.3 Å². The Bertz CT molecular complexity index is 956. The summed E-state index contributed by atoms with van der Waals surface area (Å²) in [4.78, 5) is 16.6.